The van der Waals surface area contributed by atoms with E-state index in [0.29, 0.717) is 24.5 Å². The molecule has 1 aliphatic rings. The van der Waals surface area contributed by atoms with E-state index in [2.05, 4.69) is 10.6 Å². The number of hydrogen-bond donors (Lipinski definition) is 2. The number of nitrogens with zero attached hydrogens (tertiary/aromatic N) is 2. The van der Waals surface area contributed by atoms with Crippen LogP contribution in [-0.4, -0.2) is 38.4 Å². The molecule has 7 heteroatoms. The Balaban J connectivity index is 1.59. The van der Waals surface area contributed by atoms with Crippen molar-refractivity contribution in [3.05, 3.63) is 54.1 Å². The Morgan fingerprint density at radius 1 is 1.14 bits per heavy atom. The fraction of sp³-hybridized carbons (Fsp3) is 0.318. The Labute approximate surface area is 170 Å². The summed E-state index contributed by atoms with van der Waals surface area (Å²) < 4.78 is 0. The molecule has 152 valence electrons. The molecule has 7 nitrogen and oxygen atoms in total. The molecule has 29 heavy (non-hydrogen) atoms. The average molecular weight is 394 g/mol. The second kappa shape index (κ2) is 8.77. The van der Waals surface area contributed by atoms with Crippen LogP contribution in [0.1, 0.15) is 18.9 Å². The maximum absolute atomic E-state index is 12.6. The van der Waals surface area contributed by atoms with Crippen LogP contribution >= 0.6 is 0 Å². The van der Waals surface area contributed by atoms with Crippen molar-refractivity contribution in [3.8, 4) is 0 Å². The lowest BCUT2D eigenvalue weighted by Gasteiger charge is -2.18. The van der Waals surface area contributed by atoms with Gasteiger partial charge in [-0.1, -0.05) is 18.2 Å². The molecule has 0 aromatic heterocycles. The van der Waals surface area contributed by atoms with Gasteiger partial charge in [-0.15, -0.1) is 0 Å². The van der Waals surface area contributed by atoms with Gasteiger partial charge in [0.05, 0.1) is 5.92 Å². The molecular formula is C22H26N4O3. The predicted molar refractivity (Wildman–Crippen MR) is 114 cm³/mol. The second-order valence-corrected chi connectivity index (χ2v) is 7.42. The topological polar surface area (TPSA) is 81.8 Å². The summed E-state index contributed by atoms with van der Waals surface area (Å²) in [5.41, 5.74) is 3.40. The molecule has 3 rings (SSSR count). The zero-order valence-corrected chi connectivity index (χ0v) is 16.9. The summed E-state index contributed by atoms with van der Waals surface area (Å²) in [6.07, 6.45) is 0.176. The van der Waals surface area contributed by atoms with Crippen LogP contribution in [0.3, 0.4) is 0 Å². The summed E-state index contributed by atoms with van der Waals surface area (Å²) in [6.45, 7) is 2.19. The minimum atomic E-state index is -0.395. The van der Waals surface area contributed by atoms with Crippen molar-refractivity contribution >= 4 is 34.8 Å². The van der Waals surface area contributed by atoms with Gasteiger partial charge >= 0.3 is 0 Å². The minimum absolute atomic E-state index is 0.0968. The average Bonchev–Trinajstić information content (AvgIpc) is 3.08. The van der Waals surface area contributed by atoms with E-state index >= 15 is 0 Å². The van der Waals surface area contributed by atoms with Gasteiger partial charge in [-0.3, -0.25) is 14.4 Å². The lowest BCUT2D eigenvalue weighted by Crippen LogP contribution is -2.32. The van der Waals surface area contributed by atoms with Gasteiger partial charge in [-0.25, -0.2) is 0 Å². The van der Waals surface area contributed by atoms with Gasteiger partial charge in [0, 0.05) is 57.6 Å². The molecule has 1 atom stereocenters. The van der Waals surface area contributed by atoms with Gasteiger partial charge < -0.3 is 20.4 Å². The van der Waals surface area contributed by atoms with Gasteiger partial charge in [0.25, 0.3) is 0 Å². The van der Waals surface area contributed by atoms with Crippen LogP contribution in [0.5, 0.6) is 0 Å². The van der Waals surface area contributed by atoms with Crippen LogP contribution in [-0.2, 0) is 20.9 Å². The molecule has 1 aliphatic heterocycles. The molecule has 1 saturated heterocycles. The van der Waals surface area contributed by atoms with E-state index < -0.39 is 5.92 Å². The summed E-state index contributed by atoms with van der Waals surface area (Å²) in [5, 5.41) is 5.64. The highest BCUT2D eigenvalue weighted by Crippen LogP contribution is 2.27. The van der Waals surface area contributed by atoms with Gasteiger partial charge in [0.15, 0.2) is 0 Å². The third-order valence-corrected chi connectivity index (χ3v) is 4.89. The number of nitrogens with one attached hydrogen (secondary N) is 2. The fourth-order valence-electron chi connectivity index (χ4n) is 3.33. The Bertz CT molecular complexity index is 909. The van der Waals surface area contributed by atoms with Gasteiger partial charge in [-0.2, -0.15) is 0 Å². The molecule has 0 saturated carbocycles. The Kier molecular flexibility index (Phi) is 6.16. The van der Waals surface area contributed by atoms with Crippen molar-refractivity contribution < 1.29 is 14.4 Å². The Hall–Kier alpha value is -3.35. The third kappa shape index (κ3) is 5.13. The quantitative estimate of drug-likeness (QED) is 0.788. The van der Waals surface area contributed by atoms with Gasteiger partial charge in [0.2, 0.25) is 17.7 Å². The minimum Gasteiger partial charge on any atom is -0.378 e. The van der Waals surface area contributed by atoms with Crippen molar-refractivity contribution in [2.75, 3.05) is 35.8 Å². The lowest BCUT2D eigenvalue weighted by atomic mass is 10.1. The van der Waals surface area contributed by atoms with Crippen molar-refractivity contribution in [1.82, 2.24) is 5.32 Å². The van der Waals surface area contributed by atoms with Crippen LogP contribution in [0, 0.1) is 5.92 Å². The molecule has 2 aromatic rings. The fourth-order valence-corrected chi connectivity index (χ4v) is 3.33. The van der Waals surface area contributed by atoms with Crippen LogP contribution in [0.2, 0.25) is 0 Å². The largest absolute Gasteiger partial charge is 0.378 e. The van der Waals surface area contributed by atoms with Crippen LogP contribution < -0.4 is 20.4 Å². The molecular weight excluding hydrogens is 368 g/mol. The molecule has 0 unspecified atom stereocenters. The van der Waals surface area contributed by atoms with E-state index in [1.807, 2.05) is 43.3 Å². The summed E-state index contributed by atoms with van der Waals surface area (Å²) in [5.74, 6) is -0.797. The highest BCUT2D eigenvalue weighted by Gasteiger charge is 2.35. The number of carbonyl (C=O) groups excluding carboxylic acids is 3. The maximum Gasteiger partial charge on any atom is 0.227 e. The molecule has 0 bridgehead atoms. The van der Waals surface area contributed by atoms with Crippen molar-refractivity contribution in [2.45, 2.75) is 19.9 Å². The van der Waals surface area contributed by atoms with Crippen molar-refractivity contribution in [3.63, 3.8) is 0 Å². The first kappa shape index (κ1) is 20.4. The van der Waals surface area contributed by atoms with E-state index in [1.165, 1.54) is 6.92 Å². The predicted octanol–water partition coefficient (Wildman–Crippen LogP) is 2.38. The highest BCUT2D eigenvalue weighted by molar-refractivity contribution is 6.01. The normalized spacial score (nSPS) is 15.9. The monoisotopic (exact) mass is 394 g/mol. The first-order valence-corrected chi connectivity index (χ1v) is 9.55. The molecule has 0 radical (unpaired) electrons. The molecule has 2 N–H and O–H groups in total. The SMILES string of the molecule is CC(=O)Nc1cccc(N2C[C@@H](C(=O)NCc3ccc(N(C)C)cc3)CC2=O)c1. The molecule has 3 amide bonds. The van der Waals surface area contributed by atoms with E-state index in [4.69, 9.17) is 0 Å². The zero-order chi connectivity index (χ0) is 21.0. The summed E-state index contributed by atoms with van der Waals surface area (Å²) in [6, 6.07) is 15.1. The standard InChI is InChI=1S/C22H26N4O3/c1-15(27)24-18-5-4-6-20(12-18)26-14-17(11-21(26)28)22(29)23-13-16-7-9-19(10-8-16)25(2)3/h4-10,12,17H,11,13-14H2,1-3H3,(H,23,29)(H,24,27)/t17-/m0/s1. The number of anilines is 3. The first-order valence-electron chi connectivity index (χ1n) is 9.55. The maximum atomic E-state index is 12.6. The second-order valence-electron chi connectivity index (χ2n) is 7.42. The first-order chi connectivity index (χ1) is 13.8. The molecule has 1 heterocycles. The van der Waals surface area contributed by atoms with E-state index in [0.717, 1.165) is 11.3 Å². The van der Waals surface area contributed by atoms with Crippen LogP contribution in [0.15, 0.2) is 48.5 Å². The van der Waals surface area contributed by atoms with Gasteiger partial charge in [-0.05, 0) is 35.9 Å². The third-order valence-electron chi connectivity index (χ3n) is 4.89. The summed E-state index contributed by atoms with van der Waals surface area (Å²) in [7, 11) is 3.96. The van der Waals surface area contributed by atoms with Crippen molar-refractivity contribution in [1.29, 1.82) is 0 Å². The lowest BCUT2D eigenvalue weighted by molar-refractivity contribution is -0.126. The Morgan fingerprint density at radius 3 is 2.52 bits per heavy atom. The number of benzene rings is 2. The molecule has 0 spiro atoms. The number of rotatable bonds is 6. The summed E-state index contributed by atoms with van der Waals surface area (Å²) >= 11 is 0. The van der Waals surface area contributed by atoms with Gasteiger partial charge in [0.1, 0.15) is 0 Å². The number of carbonyl (C=O) groups is 3. The van der Waals surface area contributed by atoms with E-state index in [9.17, 15) is 14.4 Å². The van der Waals surface area contributed by atoms with Crippen LogP contribution in [0.25, 0.3) is 0 Å². The summed E-state index contributed by atoms with van der Waals surface area (Å²) in [4.78, 5) is 39.9. The van der Waals surface area contributed by atoms with Crippen molar-refractivity contribution in [2.24, 2.45) is 5.92 Å². The van der Waals surface area contributed by atoms with E-state index in [1.54, 1.807) is 29.2 Å². The highest BCUT2D eigenvalue weighted by atomic mass is 16.2. The molecule has 0 aliphatic carbocycles. The molecule has 2 aromatic carbocycles. The number of hydrogen-bond acceptors (Lipinski definition) is 4. The molecule has 1 fully saturated rings. The van der Waals surface area contributed by atoms with E-state index in [-0.39, 0.29) is 24.1 Å². The zero-order valence-electron chi connectivity index (χ0n) is 16.9. The smallest absolute Gasteiger partial charge is 0.227 e. The number of amides is 3. The van der Waals surface area contributed by atoms with Crippen LogP contribution in [0.4, 0.5) is 17.1 Å². The Morgan fingerprint density at radius 2 is 1.86 bits per heavy atom.